The van der Waals surface area contributed by atoms with Gasteiger partial charge in [-0.1, -0.05) is 0 Å². The van der Waals surface area contributed by atoms with E-state index in [1.165, 1.54) is 0 Å². The molecular formula is C23H32N4O3S. The molecule has 1 aliphatic heterocycles. The van der Waals surface area contributed by atoms with Gasteiger partial charge in [0, 0.05) is 43.4 Å². The molecule has 0 N–H and O–H groups in total. The fourth-order valence-electron chi connectivity index (χ4n) is 4.57. The number of carbonyl (C=O) groups is 2. The van der Waals surface area contributed by atoms with Crippen LogP contribution in [0.15, 0.2) is 29.2 Å². The Hall–Kier alpha value is -2.35. The standard InChI is InChI=1S/C23H32N4O3S/c1-5-25-12-9-24-19(25)15-27(20(28)17-6-13-31-16-17)18-14-23(18)7-10-26(11-8-23)21(29)30-22(2,3)4/h6,9,12-13,16,18H,5,7-8,10-11,14-15H2,1-4H3/t18-/m1/s1. The number of likely N-dealkylation sites (tertiary alicyclic amines) is 1. The zero-order chi connectivity index (χ0) is 22.2. The van der Waals surface area contributed by atoms with E-state index in [-0.39, 0.29) is 23.5 Å². The maximum Gasteiger partial charge on any atom is 0.410 e. The van der Waals surface area contributed by atoms with Crippen LogP contribution in [0.5, 0.6) is 0 Å². The van der Waals surface area contributed by atoms with Crippen molar-refractivity contribution in [3.63, 3.8) is 0 Å². The van der Waals surface area contributed by atoms with Gasteiger partial charge in [-0.2, -0.15) is 11.3 Å². The highest BCUT2D eigenvalue weighted by atomic mass is 32.1. The molecule has 1 aliphatic carbocycles. The van der Waals surface area contributed by atoms with Crippen molar-refractivity contribution in [2.24, 2.45) is 5.41 Å². The number of hydrogen-bond acceptors (Lipinski definition) is 5. The maximum absolute atomic E-state index is 13.4. The maximum atomic E-state index is 13.4. The summed E-state index contributed by atoms with van der Waals surface area (Å²) in [6, 6.07) is 2.08. The summed E-state index contributed by atoms with van der Waals surface area (Å²) in [7, 11) is 0. The molecule has 2 aromatic rings. The van der Waals surface area contributed by atoms with Crippen LogP contribution in [-0.2, 0) is 17.8 Å². The van der Waals surface area contributed by atoms with Crippen LogP contribution in [0.25, 0.3) is 0 Å². The van der Waals surface area contributed by atoms with E-state index in [4.69, 9.17) is 4.74 Å². The zero-order valence-corrected chi connectivity index (χ0v) is 19.7. The monoisotopic (exact) mass is 444 g/mol. The summed E-state index contributed by atoms with van der Waals surface area (Å²) in [6.07, 6.45) is 6.30. The quantitative estimate of drug-likeness (QED) is 0.686. The van der Waals surface area contributed by atoms with Gasteiger partial charge in [0.25, 0.3) is 5.91 Å². The fraction of sp³-hybridized carbons (Fsp3) is 0.609. The van der Waals surface area contributed by atoms with E-state index in [0.29, 0.717) is 19.6 Å². The van der Waals surface area contributed by atoms with Crippen molar-refractivity contribution in [2.75, 3.05) is 13.1 Å². The number of imidazole rings is 1. The number of aryl methyl sites for hydroxylation is 1. The predicted molar refractivity (Wildman–Crippen MR) is 120 cm³/mol. The van der Waals surface area contributed by atoms with Crippen molar-refractivity contribution in [1.29, 1.82) is 0 Å². The second kappa shape index (κ2) is 8.30. The Labute approximate surface area is 188 Å². The average molecular weight is 445 g/mol. The Bertz CT molecular complexity index is 923. The number of hydrogen-bond donors (Lipinski definition) is 0. The number of amides is 2. The van der Waals surface area contributed by atoms with Gasteiger partial charge in [0.05, 0.1) is 12.1 Å². The van der Waals surface area contributed by atoms with E-state index in [1.54, 1.807) is 22.4 Å². The van der Waals surface area contributed by atoms with Crippen LogP contribution in [0, 0.1) is 5.41 Å². The van der Waals surface area contributed by atoms with Gasteiger partial charge in [0.2, 0.25) is 0 Å². The third kappa shape index (κ3) is 4.63. The third-order valence-corrected chi connectivity index (χ3v) is 7.10. The molecule has 4 rings (SSSR count). The molecule has 1 saturated heterocycles. The molecule has 3 heterocycles. The van der Waals surface area contributed by atoms with Gasteiger partial charge in [0.15, 0.2) is 0 Å². The first-order valence-corrected chi connectivity index (χ1v) is 12.0. The van der Waals surface area contributed by atoms with E-state index in [0.717, 1.165) is 37.2 Å². The first kappa shape index (κ1) is 21.9. The second-order valence-corrected chi connectivity index (χ2v) is 10.4. The molecule has 0 aromatic carbocycles. The normalized spacial score (nSPS) is 20.0. The summed E-state index contributed by atoms with van der Waals surface area (Å²) in [5, 5.41) is 3.86. The van der Waals surface area contributed by atoms with Crippen molar-refractivity contribution >= 4 is 23.3 Å². The van der Waals surface area contributed by atoms with Crippen molar-refractivity contribution in [3.05, 3.63) is 40.6 Å². The number of carbonyl (C=O) groups excluding carboxylic acids is 2. The molecule has 2 aliphatic rings. The Morgan fingerprint density at radius 2 is 2.06 bits per heavy atom. The highest BCUT2D eigenvalue weighted by molar-refractivity contribution is 7.08. The Morgan fingerprint density at radius 1 is 1.32 bits per heavy atom. The van der Waals surface area contributed by atoms with Crippen LogP contribution in [-0.4, -0.2) is 56.1 Å². The molecule has 2 amide bonds. The van der Waals surface area contributed by atoms with Crippen LogP contribution in [0.3, 0.4) is 0 Å². The molecule has 168 valence electrons. The minimum atomic E-state index is -0.487. The van der Waals surface area contributed by atoms with Crippen LogP contribution < -0.4 is 0 Å². The van der Waals surface area contributed by atoms with E-state index in [2.05, 4.69) is 16.5 Å². The lowest BCUT2D eigenvalue weighted by molar-refractivity contribution is 0.0153. The molecule has 0 bridgehead atoms. The van der Waals surface area contributed by atoms with Gasteiger partial charge in [-0.05, 0) is 63.8 Å². The lowest BCUT2D eigenvalue weighted by atomic mass is 9.92. The van der Waals surface area contributed by atoms with E-state index >= 15 is 0 Å². The van der Waals surface area contributed by atoms with Gasteiger partial charge < -0.3 is 19.1 Å². The number of piperidine rings is 1. The highest BCUT2D eigenvalue weighted by Gasteiger charge is 2.59. The zero-order valence-electron chi connectivity index (χ0n) is 18.8. The molecule has 0 unspecified atom stereocenters. The van der Waals surface area contributed by atoms with Gasteiger partial charge >= 0.3 is 6.09 Å². The third-order valence-electron chi connectivity index (χ3n) is 6.42. The number of ether oxygens (including phenoxy) is 1. The first-order valence-electron chi connectivity index (χ1n) is 11.0. The smallest absolute Gasteiger partial charge is 0.410 e. The van der Waals surface area contributed by atoms with Crippen LogP contribution in [0.1, 0.15) is 63.1 Å². The Balaban J connectivity index is 1.47. The van der Waals surface area contributed by atoms with Gasteiger partial charge in [0.1, 0.15) is 11.4 Å². The fourth-order valence-corrected chi connectivity index (χ4v) is 5.20. The number of rotatable bonds is 5. The predicted octanol–water partition coefficient (Wildman–Crippen LogP) is 4.40. The molecule has 2 fully saturated rings. The summed E-state index contributed by atoms with van der Waals surface area (Å²) in [5.74, 6) is 0.989. The van der Waals surface area contributed by atoms with Crippen LogP contribution in [0.4, 0.5) is 4.79 Å². The molecule has 8 heteroatoms. The molecule has 31 heavy (non-hydrogen) atoms. The van der Waals surface area contributed by atoms with Gasteiger partial charge in [-0.25, -0.2) is 9.78 Å². The van der Waals surface area contributed by atoms with Crippen molar-refractivity contribution in [3.8, 4) is 0 Å². The first-order chi connectivity index (χ1) is 14.7. The SMILES string of the molecule is CCn1ccnc1CN(C(=O)c1ccsc1)[C@@H]1CC12CCN(C(=O)OC(C)(C)C)CC2. The number of nitrogens with zero attached hydrogens (tertiary/aromatic N) is 4. The molecule has 1 saturated carbocycles. The summed E-state index contributed by atoms with van der Waals surface area (Å²) in [4.78, 5) is 34.1. The summed E-state index contributed by atoms with van der Waals surface area (Å²) >= 11 is 1.54. The van der Waals surface area contributed by atoms with Gasteiger partial charge in [-0.3, -0.25) is 4.79 Å². The largest absolute Gasteiger partial charge is 0.444 e. The van der Waals surface area contributed by atoms with Crippen molar-refractivity contribution in [2.45, 2.75) is 71.7 Å². The average Bonchev–Trinajstić information content (AvgIpc) is 3.11. The summed E-state index contributed by atoms with van der Waals surface area (Å²) in [5.41, 5.74) is 0.348. The molecule has 1 spiro atoms. The second-order valence-electron chi connectivity index (χ2n) is 9.62. The summed E-state index contributed by atoms with van der Waals surface area (Å²) in [6.45, 7) is 10.4. The molecule has 1 atom stereocenters. The molecule has 2 aromatic heterocycles. The van der Waals surface area contributed by atoms with Crippen molar-refractivity contribution < 1.29 is 14.3 Å². The van der Waals surface area contributed by atoms with Gasteiger partial charge in [-0.15, -0.1) is 0 Å². The topological polar surface area (TPSA) is 67.7 Å². The minimum Gasteiger partial charge on any atom is -0.444 e. The van der Waals surface area contributed by atoms with Crippen LogP contribution in [0.2, 0.25) is 0 Å². The summed E-state index contributed by atoms with van der Waals surface area (Å²) < 4.78 is 7.63. The lowest BCUT2D eigenvalue weighted by Crippen LogP contribution is -2.44. The van der Waals surface area contributed by atoms with E-state index < -0.39 is 5.60 Å². The molecule has 0 radical (unpaired) electrons. The highest BCUT2D eigenvalue weighted by Crippen LogP contribution is 2.57. The van der Waals surface area contributed by atoms with E-state index in [9.17, 15) is 9.59 Å². The minimum absolute atomic E-state index is 0.0725. The number of thiophene rings is 1. The van der Waals surface area contributed by atoms with E-state index in [1.807, 2.05) is 48.7 Å². The van der Waals surface area contributed by atoms with Crippen molar-refractivity contribution in [1.82, 2.24) is 19.4 Å². The lowest BCUT2D eigenvalue weighted by Gasteiger charge is -2.35. The number of aromatic nitrogens is 2. The Morgan fingerprint density at radius 3 is 2.68 bits per heavy atom. The Kier molecular flexibility index (Phi) is 5.85. The van der Waals surface area contributed by atoms with Crippen LogP contribution >= 0.6 is 11.3 Å². The molecular weight excluding hydrogens is 412 g/mol. The molecule has 7 nitrogen and oxygen atoms in total.